The lowest BCUT2D eigenvalue weighted by Crippen LogP contribution is -2.15. The first kappa shape index (κ1) is 18.1. The van der Waals surface area contributed by atoms with Crippen LogP contribution in [-0.4, -0.2) is 35.8 Å². The summed E-state index contributed by atoms with van der Waals surface area (Å²) >= 11 is 5.89. The van der Waals surface area contributed by atoms with Crippen LogP contribution in [0.5, 0.6) is 23.1 Å². The zero-order valence-corrected chi connectivity index (χ0v) is 15.6. The Kier molecular flexibility index (Phi) is 4.79. The maximum atomic E-state index is 12.0. The van der Waals surface area contributed by atoms with Gasteiger partial charge in [0, 0.05) is 16.5 Å². The Labute approximate surface area is 164 Å². The fraction of sp³-hybridized carbons (Fsp3) is 0.211. The highest BCUT2D eigenvalue weighted by Crippen LogP contribution is 2.42. The van der Waals surface area contributed by atoms with E-state index >= 15 is 0 Å². The van der Waals surface area contributed by atoms with E-state index < -0.39 is 5.91 Å². The zero-order chi connectivity index (χ0) is 19.7. The summed E-state index contributed by atoms with van der Waals surface area (Å²) in [6.07, 6.45) is 0. The summed E-state index contributed by atoms with van der Waals surface area (Å²) < 4.78 is 16.5. The smallest absolute Gasteiger partial charge is 0.302 e. The van der Waals surface area contributed by atoms with E-state index in [9.17, 15) is 9.90 Å². The van der Waals surface area contributed by atoms with E-state index in [1.54, 1.807) is 30.3 Å². The predicted octanol–water partition coefficient (Wildman–Crippen LogP) is 4.30. The first-order valence-electron chi connectivity index (χ1n) is 8.49. The van der Waals surface area contributed by atoms with E-state index in [4.69, 9.17) is 25.8 Å². The van der Waals surface area contributed by atoms with Gasteiger partial charge in [-0.3, -0.25) is 4.79 Å². The van der Waals surface area contributed by atoms with E-state index in [0.29, 0.717) is 46.4 Å². The minimum Gasteiger partial charge on any atom is -0.493 e. The molecule has 1 aliphatic heterocycles. The third-order valence-corrected chi connectivity index (χ3v) is 4.40. The molecule has 2 heterocycles. The molecule has 4 rings (SSSR count). The van der Waals surface area contributed by atoms with Crippen molar-refractivity contribution in [2.45, 2.75) is 6.92 Å². The molecule has 0 fully saturated rings. The molecular formula is C19H16ClN3O5. The minimum atomic E-state index is -0.597. The summed E-state index contributed by atoms with van der Waals surface area (Å²) in [4.78, 5) is 14.8. The number of amides is 1. The molecule has 1 aromatic heterocycles. The molecule has 28 heavy (non-hydrogen) atoms. The molecule has 144 valence electrons. The highest BCUT2D eigenvalue weighted by atomic mass is 35.5. The summed E-state index contributed by atoms with van der Waals surface area (Å²) in [6, 6.07) is 8.48. The standard InChI is InChI=1S/C19H16ClN3O5/c1-10-6-11(20)2-3-14(10)28-9-17(24)22-23-18-12-7-15-16(27-5-4-26-15)8-13(12)21-19(18)25/h2-3,6-8,21,25H,4-5,9H2,1H3. The van der Waals surface area contributed by atoms with Crippen LogP contribution in [0.4, 0.5) is 5.69 Å². The molecule has 0 unspecified atom stereocenters. The van der Waals surface area contributed by atoms with Crippen LogP contribution in [0.25, 0.3) is 10.9 Å². The fourth-order valence-electron chi connectivity index (χ4n) is 2.85. The van der Waals surface area contributed by atoms with E-state index in [0.717, 1.165) is 5.56 Å². The summed E-state index contributed by atoms with van der Waals surface area (Å²) in [7, 11) is 0. The molecule has 1 aliphatic rings. The van der Waals surface area contributed by atoms with Gasteiger partial charge in [0.05, 0.1) is 5.52 Å². The van der Waals surface area contributed by atoms with Crippen molar-refractivity contribution in [2.75, 3.05) is 19.8 Å². The zero-order valence-electron chi connectivity index (χ0n) is 14.9. The predicted molar refractivity (Wildman–Crippen MR) is 102 cm³/mol. The summed E-state index contributed by atoms with van der Waals surface area (Å²) in [5.41, 5.74) is 1.54. The van der Waals surface area contributed by atoms with Crippen LogP contribution in [0.3, 0.4) is 0 Å². The van der Waals surface area contributed by atoms with Crippen molar-refractivity contribution in [3.8, 4) is 23.1 Å². The normalized spacial score (nSPS) is 13.2. The lowest BCUT2D eigenvalue weighted by Gasteiger charge is -2.17. The first-order valence-corrected chi connectivity index (χ1v) is 8.87. The Morgan fingerprint density at radius 2 is 2.00 bits per heavy atom. The van der Waals surface area contributed by atoms with Gasteiger partial charge in [-0.2, -0.15) is 0 Å². The number of carbonyl (C=O) groups is 1. The number of azo groups is 1. The number of carbonyl (C=O) groups excluding carboxylic acids is 1. The van der Waals surface area contributed by atoms with Crippen molar-refractivity contribution < 1.29 is 24.1 Å². The average Bonchev–Trinajstić information content (AvgIpc) is 2.97. The molecule has 0 bridgehead atoms. The maximum absolute atomic E-state index is 12.0. The molecule has 0 radical (unpaired) electrons. The van der Waals surface area contributed by atoms with Gasteiger partial charge in [-0.1, -0.05) is 11.6 Å². The van der Waals surface area contributed by atoms with E-state index in [1.165, 1.54) is 0 Å². The quantitative estimate of drug-likeness (QED) is 0.634. The van der Waals surface area contributed by atoms with E-state index in [1.807, 2.05) is 6.92 Å². The number of halogens is 1. The SMILES string of the molecule is Cc1cc(Cl)ccc1OCC(=O)N=Nc1c(O)[nH]c2cc3c(cc12)OCCO3. The molecule has 2 aromatic carbocycles. The molecule has 8 nitrogen and oxygen atoms in total. The minimum absolute atomic E-state index is 0.142. The number of aromatic nitrogens is 1. The van der Waals surface area contributed by atoms with Crippen LogP contribution < -0.4 is 14.2 Å². The number of nitrogens with zero attached hydrogens (tertiary/aromatic N) is 2. The Morgan fingerprint density at radius 1 is 1.25 bits per heavy atom. The van der Waals surface area contributed by atoms with Gasteiger partial charge in [-0.25, -0.2) is 0 Å². The molecule has 0 saturated carbocycles. The number of aromatic hydroxyl groups is 1. The molecule has 1 amide bonds. The number of aromatic amines is 1. The Morgan fingerprint density at radius 3 is 2.75 bits per heavy atom. The second-order valence-corrected chi connectivity index (χ2v) is 6.59. The van der Waals surface area contributed by atoms with E-state index in [2.05, 4.69) is 15.2 Å². The van der Waals surface area contributed by atoms with Gasteiger partial charge in [0.1, 0.15) is 19.0 Å². The molecule has 0 atom stereocenters. The summed E-state index contributed by atoms with van der Waals surface area (Å²) in [5.74, 6) is 0.851. The van der Waals surface area contributed by atoms with Gasteiger partial charge in [-0.15, -0.1) is 10.2 Å². The number of rotatable bonds is 4. The van der Waals surface area contributed by atoms with Gasteiger partial charge in [-0.05, 0) is 36.8 Å². The van der Waals surface area contributed by atoms with Crippen molar-refractivity contribution in [3.63, 3.8) is 0 Å². The number of nitrogens with one attached hydrogen (secondary N) is 1. The highest BCUT2D eigenvalue weighted by Gasteiger charge is 2.18. The van der Waals surface area contributed by atoms with Crippen LogP contribution in [-0.2, 0) is 4.79 Å². The van der Waals surface area contributed by atoms with Crippen LogP contribution in [0.2, 0.25) is 5.02 Å². The van der Waals surface area contributed by atoms with Gasteiger partial charge in [0.15, 0.2) is 23.8 Å². The summed E-state index contributed by atoms with van der Waals surface area (Å²) in [5, 5.41) is 18.8. The molecule has 0 spiro atoms. The lowest BCUT2D eigenvalue weighted by atomic mass is 10.2. The molecule has 0 saturated heterocycles. The number of aryl methyl sites for hydroxylation is 1. The number of ether oxygens (including phenoxy) is 3. The second-order valence-electron chi connectivity index (χ2n) is 6.16. The number of benzene rings is 2. The van der Waals surface area contributed by atoms with Crippen molar-refractivity contribution in [1.82, 2.24) is 4.98 Å². The molecular weight excluding hydrogens is 386 g/mol. The van der Waals surface area contributed by atoms with Crippen LogP contribution in [0.1, 0.15) is 5.56 Å². The third-order valence-electron chi connectivity index (χ3n) is 4.16. The van der Waals surface area contributed by atoms with Crippen molar-refractivity contribution in [3.05, 3.63) is 40.9 Å². The first-order chi connectivity index (χ1) is 13.5. The van der Waals surface area contributed by atoms with Gasteiger partial charge < -0.3 is 24.3 Å². The molecule has 9 heteroatoms. The number of fused-ring (bicyclic) bond motifs is 2. The monoisotopic (exact) mass is 401 g/mol. The van der Waals surface area contributed by atoms with Gasteiger partial charge in [0.2, 0.25) is 5.88 Å². The highest BCUT2D eigenvalue weighted by molar-refractivity contribution is 6.30. The van der Waals surface area contributed by atoms with Crippen molar-refractivity contribution >= 4 is 34.1 Å². The van der Waals surface area contributed by atoms with Crippen LogP contribution in [0.15, 0.2) is 40.6 Å². The van der Waals surface area contributed by atoms with Crippen molar-refractivity contribution in [2.24, 2.45) is 10.2 Å². The van der Waals surface area contributed by atoms with Crippen LogP contribution in [0, 0.1) is 6.92 Å². The second kappa shape index (κ2) is 7.40. The topological polar surface area (TPSA) is 106 Å². The molecule has 2 N–H and O–H groups in total. The number of H-pyrrole nitrogens is 1. The summed E-state index contributed by atoms with van der Waals surface area (Å²) in [6.45, 7) is 2.43. The maximum Gasteiger partial charge on any atom is 0.302 e. The Hall–Kier alpha value is -3.26. The molecule has 0 aliphatic carbocycles. The van der Waals surface area contributed by atoms with Gasteiger partial charge in [0.25, 0.3) is 0 Å². The average molecular weight is 402 g/mol. The molecule has 3 aromatic rings. The Balaban J connectivity index is 1.51. The number of hydrogen-bond acceptors (Lipinski definition) is 6. The van der Waals surface area contributed by atoms with Crippen LogP contribution >= 0.6 is 11.6 Å². The van der Waals surface area contributed by atoms with Gasteiger partial charge >= 0.3 is 5.91 Å². The fourth-order valence-corrected chi connectivity index (χ4v) is 3.08. The van der Waals surface area contributed by atoms with Crippen molar-refractivity contribution in [1.29, 1.82) is 0 Å². The Bertz CT molecular complexity index is 1090. The van der Waals surface area contributed by atoms with E-state index in [-0.39, 0.29) is 18.2 Å². The third kappa shape index (κ3) is 3.59. The number of hydrogen-bond donors (Lipinski definition) is 2. The largest absolute Gasteiger partial charge is 0.493 e. The lowest BCUT2D eigenvalue weighted by molar-refractivity contribution is -0.120.